The molecule has 3 heteroatoms. The van der Waals surface area contributed by atoms with E-state index in [1.165, 1.54) is 25.7 Å². The van der Waals surface area contributed by atoms with E-state index >= 15 is 0 Å². The Hall–Kier alpha value is 0.350. The Labute approximate surface area is 83.1 Å². The second-order valence-corrected chi connectivity index (χ2v) is 5.83. The molecule has 0 heterocycles. The van der Waals surface area contributed by atoms with Crippen molar-refractivity contribution in [3.8, 4) is 0 Å². The van der Waals surface area contributed by atoms with Crippen molar-refractivity contribution in [3.05, 3.63) is 0 Å². The maximum atomic E-state index is 8.96. The van der Waals surface area contributed by atoms with E-state index in [9.17, 15) is 0 Å². The van der Waals surface area contributed by atoms with Crippen molar-refractivity contribution in [1.82, 2.24) is 0 Å². The first-order valence-corrected chi connectivity index (χ1v) is 7.12. The van der Waals surface area contributed by atoms with Crippen LogP contribution in [0.25, 0.3) is 0 Å². The van der Waals surface area contributed by atoms with Crippen molar-refractivity contribution in [2.45, 2.75) is 39.5 Å². The van der Waals surface area contributed by atoms with Crippen molar-refractivity contribution < 1.29 is 10.2 Å². The average Bonchev–Trinajstić information content (AvgIpc) is 2.19. The van der Waals surface area contributed by atoms with Crippen molar-refractivity contribution >= 4 is 7.92 Å². The van der Waals surface area contributed by atoms with Gasteiger partial charge in [-0.25, -0.2) is 0 Å². The Bertz CT molecular complexity index is 105. The normalized spacial score (nSPS) is 13.6. The molecule has 0 saturated carbocycles. The van der Waals surface area contributed by atoms with E-state index in [2.05, 4.69) is 13.8 Å². The van der Waals surface area contributed by atoms with Crippen LogP contribution in [0.2, 0.25) is 0 Å². The van der Waals surface area contributed by atoms with E-state index in [0.29, 0.717) is 5.92 Å². The smallest absolute Gasteiger partial charge is 0.0646 e. The lowest BCUT2D eigenvalue weighted by atomic mass is 10.0. The number of aliphatic hydroxyl groups excluding tert-OH is 2. The van der Waals surface area contributed by atoms with E-state index in [-0.39, 0.29) is 12.7 Å². The molecule has 13 heavy (non-hydrogen) atoms. The predicted molar refractivity (Wildman–Crippen MR) is 59.3 cm³/mol. The molecule has 0 fully saturated rings. The highest BCUT2D eigenvalue weighted by Gasteiger charge is 2.12. The fourth-order valence-corrected chi connectivity index (χ4v) is 2.93. The van der Waals surface area contributed by atoms with Gasteiger partial charge in [0.05, 0.1) is 12.7 Å². The molecule has 0 rings (SSSR count). The van der Waals surface area contributed by atoms with Gasteiger partial charge in [0.1, 0.15) is 0 Å². The fourth-order valence-electron chi connectivity index (χ4n) is 1.44. The molecule has 0 amide bonds. The second kappa shape index (κ2) is 8.93. The second-order valence-electron chi connectivity index (χ2n) is 3.55. The Balaban J connectivity index is 3.67. The highest BCUT2D eigenvalue weighted by atomic mass is 31.1. The third-order valence-electron chi connectivity index (χ3n) is 2.46. The summed E-state index contributed by atoms with van der Waals surface area (Å²) >= 11 is 0. The van der Waals surface area contributed by atoms with E-state index in [4.69, 9.17) is 10.2 Å². The number of rotatable bonds is 8. The number of unbranched alkanes of at least 4 members (excludes halogenated alkanes) is 1. The minimum absolute atomic E-state index is 0.189. The Kier molecular flexibility index (Phi) is 9.17. The van der Waals surface area contributed by atoms with Gasteiger partial charge in [-0.05, 0) is 12.1 Å². The van der Waals surface area contributed by atoms with Crippen LogP contribution < -0.4 is 0 Å². The van der Waals surface area contributed by atoms with Crippen LogP contribution in [0.15, 0.2) is 0 Å². The van der Waals surface area contributed by atoms with Gasteiger partial charge in [-0.15, -0.1) is 0 Å². The van der Waals surface area contributed by atoms with Gasteiger partial charge in [-0.2, -0.15) is 0 Å². The van der Waals surface area contributed by atoms with Crippen LogP contribution in [0, 0.1) is 5.92 Å². The quantitative estimate of drug-likeness (QED) is 0.599. The zero-order valence-electron chi connectivity index (χ0n) is 8.87. The molecular formula is C10H23O2P. The summed E-state index contributed by atoms with van der Waals surface area (Å²) in [5.41, 5.74) is 0. The van der Waals surface area contributed by atoms with Crippen LogP contribution in [0.1, 0.15) is 39.5 Å². The molecule has 0 aromatic rings. The molecule has 1 unspecified atom stereocenters. The molecule has 2 N–H and O–H groups in total. The van der Waals surface area contributed by atoms with Gasteiger partial charge in [-0.1, -0.05) is 47.5 Å². The summed E-state index contributed by atoms with van der Waals surface area (Å²) in [7, 11) is -0.507. The van der Waals surface area contributed by atoms with Crippen LogP contribution in [0.4, 0.5) is 0 Å². The summed E-state index contributed by atoms with van der Waals surface area (Å²) in [6, 6.07) is 0. The molecule has 0 spiro atoms. The van der Waals surface area contributed by atoms with Gasteiger partial charge >= 0.3 is 0 Å². The summed E-state index contributed by atoms with van der Waals surface area (Å²) < 4.78 is 0. The summed E-state index contributed by atoms with van der Waals surface area (Å²) in [4.78, 5) is 0. The van der Waals surface area contributed by atoms with Crippen molar-refractivity contribution in [3.63, 3.8) is 0 Å². The van der Waals surface area contributed by atoms with E-state index in [0.717, 1.165) is 6.16 Å². The molecule has 0 aliphatic heterocycles. The molecular weight excluding hydrogens is 183 g/mol. The zero-order valence-corrected chi connectivity index (χ0v) is 9.76. The largest absolute Gasteiger partial charge is 0.392 e. The van der Waals surface area contributed by atoms with Gasteiger partial charge in [0, 0.05) is 0 Å². The summed E-state index contributed by atoms with van der Waals surface area (Å²) in [6.45, 7) is 4.40. The number of aliphatic hydroxyl groups is 2. The summed E-state index contributed by atoms with van der Waals surface area (Å²) in [6.07, 6.45) is 6.37. The van der Waals surface area contributed by atoms with Crippen LogP contribution in [-0.4, -0.2) is 29.1 Å². The lowest BCUT2D eigenvalue weighted by Crippen LogP contribution is -2.07. The van der Waals surface area contributed by atoms with Crippen LogP contribution in [0.5, 0.6) is 0 Å². The van der Waals surface area contributed by atoms with E-state index in [1.54, 1.807) is 0 Å². The maximum absolute atomic E-state index is 8.96. The van der Waals surface area contributed by atoms with E-state index in [1.807, 2.05) is 0 Å². The molecule has 1 atom stereocenters. The summed E-state index contributed by atoms with van der Waals surface area (Å²) in [5, 5.41) is 17.9. The Morgan fingerprint density at radius 2 is 1.77 bits per heavy atom. The lowest BCUT2D eigenvalue weighted by molar-refractivity contribution is 0.340. The first-order chi connectivity index (χ1) is 6.28. The van der Waals surface area contributed by atoms with Gasteiger partial charge in [0.2, 0.25) is 0 Å². The van der Waals surface area contributed by atoms with Crippen LogP contribution >= 0.6 is 7.92 Å². The monoisotopic (exact) mass is 206 g/mol. The molecule has 0 aromatic heterocycles. The number of hydrogen-bond acceptors (Lipinski definition) is 2. The first kappa shape index (κ1) is 13.4. The highest BCUT2D eigenvalue weighted by molar-refractivity contribution is 7.57. The minimum Gasteiger partial charge on any atom is -0.392 e. The van der Waals surface area contributed by atoms with Gasteiger partial charge in [0.15, 0.2) is 0 Å². The van der Waals surface area contributed by atoms with Gasteiger partial charge in [0.25, 0.3) is 0 Å². The van der Waals surface area contributed by atoms with Crippen LogP contribution in [0.3, 0.4) is 0 Å². The molecule has 0 aromatic carbocycles. The first-order valence-electron chi connectivity index (χ1n) is 5.22. The molecule has 0 bridgehead atoms. The van der Waals surface area contributed by atoms with Crippen molar-refractivity contribution in [2.75, 3.05) is 18.9 Å². The van der Waals surface area contributed by atoms with Gasteiger partial charge in [-0.3, -0.25) is 0 Å². The Morgan fingerprint density at radius 3 is 2.15 bits per heavy atom. The zero-order chi connectivity index (χ0) is 10.1. The standard InChI is InChI=1S/C10H23O2P/c1-3-5-6-10(4-2)7-13(8-11)9-12/h10-12H,3-9H2,1-2H3. The van der Waals surface area contributed by atoms with Crippen molar-refractivity contribution in [2.24, 2.45) is 5.92 Å². The molecule has 0 radical (unpaired) electrons. The molecule has 0 saturated heterocycles. The third-order valence-corrected chi connectivity index (χ3v) is 4.29. The molecule has 0 aliphatic rings. The minimum atomic E-state index is -0.507. The average molecular weight is 206 g/mol. The Morgan fingerprint density at radius 1 is 1.15 bits per heavy atom. The molecule has 2 nitrogen and oxygen atoms in total. The number of hydrogen-bond donors (Lipinski definition) is 2. The highest BCUT2D eigenvalue weighted by Crippen LogP contribution is 2.37. The maximum Gasteiger partial charge on any atom is 0.0646 e. The van der Waals surface area contributed by atoms with Crippen LogP contribution in [-0.2, 0) is 0 Å². The van der Waals surface area contributed by atoms with Gasteiger partial charge < -0.3 is 10.2 Å². The summed E-state index contributed by atoms with van der Waals surface area (Å²) in [5.74, 6) is 0.713. The van der Waals surface area contributed by atoms with Crippen molar-refractivity contribution in [1.29, 1.82) is 0 Å². The SMILES string of the molecule is CCCCC(CC)CP(CO)CO. The molecule has 80 valence electrons. The third kappa shape index (κ3) is 6.42. The lowest BCUT2D eigenvalue weighted by Gasteiger charge is -2.19. The molecule has 0 aliphatic carbocycles. The fraction of sp³-hybridized carbons (Fsp3) is 1.00. The van der Waals surface area contributed by atoms with E-state index < -0.39 is 7.92 Å². The topological polar surface area (TPSA) is 40.5 Å². The predicted octanol–water partition coefficient (Wildman–Crippen LogP) is 2.58.